The monoisotopic (exact) mass is 351 g/mol. The summed E-state index contributed by atoms with van der Waals surface area (Å²) in [5.74, 6) is 0.480. The first kappa shape index (κ1) is 15.1. The van der Waals surface area contributed by atoms with Crippen molar-refractivity contribution in [2.75, 3.05) is 6.61 Å². The first-order chi connectivity index (χ1) is 9.77. The Morgan fingerprint density at radius 3 is 2.48 bits per heavy atom. The van der Waals surface area contributed by atoms with Gasteiger partial charge in [0.05, 0.1) is 22.8 Å². The summed E-state index contributed by atoms with van der Waals surface area (Å²) >= 11 is 0. The molecule has 0 aromatic heterocycles. The van der Waals surface area contributed by atoms with E-state index < -0.39 is 25.1 Å². The molecule has 9 heteroatoms. The predicted octanol–water partition coefficient (Wildman–Crippen LogP) is 1.52. The van der Waals surface area contributed by atoms with Crippen molar-refractivity contribution < 1.29 is 21.6 Å². The van der Waals surface area contributed by atoms with Crippen LogP contribution in [-0.2, 0) is 19.1 Å². The first-order valence-corrected chi connectivity index (χ1v) is 10.4. The Morgan fingerprint density at radius 1 is 1.14 bits per heavy atom. The second-order valence-corrected chi connectivity index (χ2v) is 9.75. The van der Waals surface area contributed by atoms with E-state index in [-0.39, 0.29) is 10.1 Å². The van der Waals surface area contributed by atoms with Gasteiger partial charge in [0.25, 0.3) is 9.05 Å². The topological polar surface area (TPSA) is 89.5 Å². The Bertz CT molecular complexity index is 771. The first-order valence-electron chi connectivity index (χ1n) is 6.50. The Labute approximate surface area is 127 Å². The fourth-order valence-corrected chi connectivity index (χ4v) is 4.70. The summed E-state index contributed by atoms with van der Waals surface area (Å²) in [5.41, 5.74) is 0.507. The molecule has 1 saturated carbocycles. The van der Waals surface area contributed by atoms with Gasteiger partial charge in [-0.05, 0) is 31.0 Å². The summed E-state index contributed by atoms with van der Waals surface area (Å²) in [7, 11) is -1.90. The normalized spacial score (nSPS) is 22.4. The van der Waals surface area contributed by atoms with E-state index >= 15 is 0 Å². The van der Waals surface area contributed by atoms with Crippen molar-refractivity contribution in [3.63, 3.8) is 0 Å². The maximum atomic E-state index is 12.1. The van der Waals surface area contributed by atoms with Crippen LogP contribution in [-0.4, -0.2) is 28.7 Å². The van der Waals surface area contributed by atoms with Crippen molar-refractivity contribution >= 4 is 29.8 Å². The van der Waals surface area contributed by atoms with Crippen LogP contribution in [0.25, 0.3) is 0 Å². The molecule has 3 rings (SSSR count). The third kappa shape index (κ3) is 3.18. The second-order valence-electron chi connectivity index (χ2n) is 5.19. The van der Waals surface area contributed by atoms with E-state index in [1.807, 2.05) is 0 Å². The third-order valence-corrected chi connectivity index (χ3v) is 6.89. The number of fused-ring (bicyclic) bond motifs is 1. The molecule has 1 aliphatic carbocycles. The molecule has 1 aromatic rings. The lowest BCUT2D eigenvalue weighted by Crippen LogP contribution is -2.34. The molecular formula is C12H14ClNO5S2. The number of benzene rings is 1. The quantitative estimate of drug-likeness (QED) is 0.831. The van der Waals surface area contributed by atoms with E-state index in [0.717, 1.165) is 0 Å². The molecule has 1 heterocycles. The van der Waals surface area contributed by atoms with Gasteiger partial charge in [-0.25, -0.2) is 21.6 Å². The minimum absolute atomic E-state index is 0.0657. The number of nitrogens with one attached hydrogen (secondary N) is 1. The van der Waals surface area contributed by atoms with E-state index in [4.69, 9.17) is 15.4 Å². The highest BCUT2D eigenvalue weighted by Gasteiger charge is 2.38. The zero-order valence-electron chi connectivity index (χ0n) is 11.0. The summed E-state index contributed by atoms with van der Waals surface area (Å²) < 4.78 is 55.0. The van der Waals surface area contributed by atoms with Crippen LogP contribution < -0.4 is 9.46 Å². The van der Waals surface area contributed by atoms with Gasteiger partial charge < -0.3 is 4.74 Å². The summed E-state index contributed by atoms with van der Waals surface area (Å²) in [5, 5.41) is -0.330. The molecule has 1 unspecified atom stereocenters. The van der Waals surface area contributed by atoms with Gasteiger partial charge in [-0.15, -0.1) is 0 Å². The largest absolute Gasteiger partial charge is 0.493 e. The maximum Gasteiger partial charge on any atom is 0.261 e. The minimum Gasteiger partial charge on any atom is -0.493 e. The van der Waals surface area contributed by atoms with Gasteiger partial charge in [0.15, 0.2) is 0 Å². The number of hydrogen-bond acceptors (Lipinski definition) is 5. The Kier molecular flexibility index (Phi) is 3.67. The van der Waals surface area contributed by atoms with Crippen LogP contribution in [0.1, 0.15) is 30.9 Å². The lowest BCUT2D eigenvalue weighted by molar-refractivity contribution is 0.262. The highest BCUT2D eigenvalue weighted by atomic mass is 35.7. The molecule has 6 nitrogen and oxygen atoms in total. The van der Waals surface area contributed by atoms with Crippen molar-refractivity contribution in [2.24, 2.45) is 0 Å². The molecule has 1 aromatic carbocycles. The molecule has 1 atom stereocenters. The van der Waals surface area contributed by atoms with Gasteiger partial charge in [0.2, 0.25) is 10.0 Å². The molecule has 0 amide bonds. The summed E-state index contributed by atoms with van der Waals surface area (Å²) in [6.07, 6.45) is 1.79. The van der Waals surface area contributed by atoms with E-state index in [0.29, 0.717) is 37.2 Å². The summed E-state index contributed by atoms with van der Waals surface area (Å²) in [4.78, 5) is -0.0657. The van der Waals surface area contributed by atoms with Crippen molar-refractivity contribution in [1.82, 2.24) is 4.72 Å². The average molecular weight is 352 g/mol. The summed E-state index contributed by atoms with van der Waals surface area (Å²) in [6, 6.07) is 3.73. The standard InChI is InChI=1S/C12H14ClNO5S2/c13-20(15,16)9-3-4-12-10(7-9)11(5-6-19-12)14-21(17,18)8-1-2-8/h3-4,7-8,11,14H,1-2,5-6H2. The number of hydrogen-bond donors (Lipinski definition) is 1. The van der Waals surface area contributed by atoms with Crippen molar-refractivity contribution in [2.45, 2.75) is 35.4 Å². The number of rotatable bonds is 4. The van der Waals surface area contributed by atoms with Gasteiger partial charge in [0.1, 0.15) is 5.75 Å². The molecule has 1 N–H and O–H groups in total. The maximum absolute atomic E-state index is 12.1. The van der Waals surface area contributed by atoms with E-state index in [1.165, 1.54) is 18.2 Å². The van der Waals surface area contributed by atoms with Crippen LogP contribution in [0.3, 0.4) is 0 Å². The zero-order valence-corrected chi connectivity index (χ0v) is 13.3. The molecule has 2 aliphatic rings. The molecule has 0 saturated heterocycles. The van der Waals surface area contributed by atoms with Crippen LogP contribution >= 0.6 is 10.7 Å². The lowest BCUT2D eigenvalue weighted by Gasteiger charge is -2.26. The van der Waals surface area contributed by atoms with Crippen LogP contribution in [0.4, 0.5) is 0 Å². The molecular weight excluding hydrogens is 338 g/mol. The van der Waals surface area contributed by atoms with E-state index in [2.05, 4.69) is 4.72 Å². The zero-order chi connectivity index (χ0) is 15.3. The highest BCUT2D eigenvalue weighted by Crippen LogP contribution is 2.36. The molecule has 1 aliphatic heterocycles. The third-order valence-electron chi connectivity index (χ3n) is 3.57. The lowest BCUT2D eigenvalue weighted by atomic mass is 10.0. The van der Waals surface area contributed by atoms with Crippen molar-refractivity contribution in [3.8, 4) is 5.75 Å². The Hall–Kier alpha value is -0.830. The number of halogens is 1. The smallest absolute Gasteiger partial charge is 0.261 e. The van der Waals surface area contributed by atoms with Crippen LogP contribution in [0.5, 0.6) is 5.75 Å². The van der Waals surface area contributed by atoms with Gasteiger partial charge >= 0.3 is 0 Å². The number of sulfonamides is 1. The van der Waals surface area contributed by atoms with E-state index in [9.17, 15) is 16.8 Å². The van der Waals surface area contributed by atoms with Crippen molar-refractivity contribution in [3.05, 3.63) is 23.8 Å². The summed E-state index contributed by atoms with van der Waals surface area (Å²) in [6.45, 7) is 0.373. The molecule has 0 bridgehead atoms. The van der Waals surface area contributed by atoms with E-state index in [1.54, 1.807) is 0 Å². The van der Waals surface area contributed by atoms with Gasteiger partial charge in [-0.2, -0.15) is 0 Å². The number of ether oxygens (including phenoxy) is 1. The second kappa shape index (κ2) is 5.12. The van der Waals surface area contributed by atoms with Gasteiger partial charge in [0, 0.05) is 22.7 Å². The fourth-order valence-electron chi connectivity index (χ4n) is 2.32. The van der Waals surface area contributed by atoms with Gasteiger partial charge in [-0.3, -0.25) is 0 Å². The predicted molar refractivity (Wildman–Crippen MR) is 77.4 cm³/mol. The molecule has 21 heavy (non-hydrogen) atoms. The Morgan fingerprint density at radius 2 is 1.86 bits per heavy atom. The fraction of sp³-hybridized carbons (Fsp3) is 0.500. The SMILES string of the molecule is O=S(=O)(Cl)c1ccc2c(c1)C(NS(=O)(=O)C1CC1)CCO2. The molecule has 1 fully saturated rings. The molecule has 0 radical (unpaired) electrons. The molecule has 0 spiro atoms. The highest BCUT2D eigenvalue weighted by molar-refractivity contribution is 8.13. The van der Waals surface area contributed by atoms with Crippen LogP contribution in [0, 0.1) is 0 Å². The molecule has 116 valence electrons. The van der Waals surface area contributed by atoms with Crippen molar-refractivity contribution in [1.29, 1.82) is 0 Å². The van der Waals surface area contributed by atoms with Crippen LogP contribution in [0.2, 0.25) is 0 Å². The minimum atomic E-state index is -3.87. The average Bonchev–Trinajstić information content (AvgIpc) is 3.21. The Balaban J connectivity index is 1.96. The van der Waals surface area contributed by atoms with Gasteiger partial charge in [-0.1, -0.05) is 0 Å². The van der Waals surface area contributed by atoms with Crippen LogP contribution in [0.15, 0.2) is 23.1 Å².